The number of para-hydroxylation sites is 1. The van der Waals surface area contributed by atoms with Gasteiger partial charge in [-0.3, -0.25) is 4.79 Å². The number of fused-ring (bicyclic) bond motifs is 1. The summed E-state index contributed by atoms with van der Waals surface area (Å²) in [6.07, 6.45) is 1.53. The molecule has 0 bridgehead atoms. The molecule has 4 heteroatoms. The van der Waals surface area contributed by atoms with Gasteiger partial charge in [0.25, 0.3) is 0 Å². The van der Waals surface area contributed by atoms with Gasteiger partial charge in [0.1, 0.15) is 17.9 Å². The van der Waals surface area contributed by atoms with Crippen LogP contribution < -0.4 is 4.74 Å². The normalized spacial score (nSPS) is 10.6. The molecule has 0 fully saturated rings. The number of benzene rings is 2. The molecule has 20 heavy (non-hydrogen) atoms. The van der Waals surface area contributed by atoms with Gasteiger partial charge >= 0.3 is 0 Å². The lowest BCUT2D eigenvalue weighted by molar-refractivity contribution is 0.112. The summed E-state index contributed by atoms with van der Waals surface area (Å²) in [6, 6.07) is 15.1. The zero-order chi connectivity index (χ0) is 13.8. The molecule has 0 amide bonds. The van der Waals surface area contributed by atoms with Crippen molar-refractivity contribution in [3.63, 3.8) is 0 Å². The quantitative estimate of drug-likeness (QED) is 0.722. The van der Waals surface area contributed by atoms with Crippen molar-refractivity contribution >= 4 is 17.3 Å². The first-order valence-electron chi connectivity index (χ1n) is 6.47. The number of nitrogens with one attached hydrogen (secondary N) is 1. The van der Waals surface area contributed by atoms with E-state index in [1.165, 1.54) is 0 Å². The third-order valence-electron chi connectivity index (χ3n) is 3.04. The Balaban J connectivity index is 1.67. The van der Waals surface area contributed by atoms with E-state index in [-0.39, 0.29) is 0 Å². The van der Waals surface area contributed by atoms with Crippen LogP contribution in [0, 0.1) is 0 Å². The Bertz CT molecular complexity index is 720. The predicted molar refractivity (Wildman–Crippen MR) is 77.1 cm³/mol. The van der Waals surface area contributed by atoms with E-state index in [0.29, 0.717) is 18.6 Å². The summed E-state index contributed by atoms with van der Waals surface area (Å²) >= 11 is 0. The second kappa shape index (κ2) is 5.57. The highest BCUT2D eigenvalue weighted by atomic mass is 16.5. The minimum absolute atomic E-state index is 0.560. The van der Waals surface area contributed by atoms with Crippen molar-refractivity contribution in [2.24, 2.45) is 0 Å². The van der Waals surface area contributed by atoms with Gasteiger partial charge in [0, 0.05) is 12.0 Å². The topological polar surface area (TPSA) is 55.0 Å². The molecule has 2 aromatic carbocycles. The van der Waals surface area contributed by atoms with E-state index in [2.05, 4.69) is 9.97 Å². The van der Waals surface area contributed by atoms with Crippen LogP contribution in [0.3, 0.4) is 0 Å². The number of aromatic amines is 1. The van der Waals surface area contributed by atoms with Gasteiger partial charge in [-0.1, -0.05) is 18.2 Å². The minimum atomic E-state index is 0.560. The molecule has 1 aromatic heterocycles. The molecule has 3 rings (SSSR count). The van der Waals surface area contributed by atoms with E-state index >= 15 is 0 Å². The highest BCUT2D eigenvalue weighted by Gasteiger charge is 2.04. The number of aldehydes is 1. The van der Waals surface area contributed by atoms with Gasteiger partial charge in [0.15, 0.2) is 0 Å². The molecule has 0 atom stereocenters. The van der Waals surface area contributed by atoms with Crippen LogP contribution in [-0.4, -0.2) is 22.9 Å². The largest absolute Gasteiger partial charge is 0.493 e. The second-order valence-electron chi connectivity index (χ2n) is 4.49. The van der Waals surface area contributed by atoms with E-state index in [1.54, 1.807) is 12.1 Å². The van der Waals surface area contributed by atoms with Crippen LogP contribution in [0.15, 0.2) is 48.5 Å². The third-order valence-corrected chi connectivity index (χ3v) is 3.04. The van der Waals surface area contributed by atoms with Crippen LogP contribution in [0.5, 0.6) is 5.75 Å². The Morgan fingerprint density at radius 3 is 2.80 bits per heavy atom. The van der Waals surface area contributed by atoms with Crippen LogP contribution in [0.4, 0.5) is 0 Å². The van der Waals surface area contributed by atoms with Crippen LogP contribution in [0.25, 0.3) is 11.0 Å². The van der Waals surface area contributed by atoms with E-state index < -0.39 is 0 Å². The van der Waals surface area contributed by atoms with Crippen LogP contribution in [-0.2, 0) is 6.42 Å². The van der Waals surface area contributed by atoms with Gasteiger partial charge in [0.05, 0.1) is 17.6 Å². The molecular weight excluding hydrogens is 252 g/mol. The number of H-pyrrole nitrogens is 1. The van der Waals surface area contributed by atoms with Crippen molar-refractivity contribution in [3.05, 3.63) is 59.9 Å². The number of hydrogen-bond acceptors (Lipinski definition) is 3. The lowest BCUT2D eigenvalue weighted by Gasteiger charge is -2.03. The highest BCUT2D eigenvalue weighted by molar-refractivity contribution is 5.84. The summed E-state index contributed by atoms with van der Waals surface area (Å²) in [5.74, 6) is 1.71. The average Bonchev–Trinajstić information content (AvgIpc) is 2.90. The van der Waals surface area contributed by atoms with Crippen LogP contribution in [0.2, 0.25) is 0 Å². The Morgan fingerprint density at radius 1 is 1.15 bits per heavy atom. The predicted octanol–water partition coefficient (Wildman–Crippen LogP) is 3.00. The summed E-state index contributed by atoms with van der Waals surface area (Å²) < 4.78 is 5.63. The Labute approximate surface area is 116 Å². The van der Waals surface area contributed by atoms with Crippen molar-refractivity contribution in [2.75, 3.05) is 6.61 Å². The molecule has 1 heterocycles. The van der Waals surface area contributed by atoms with E-state index in [9.17, 15) is 4.79 Å². The molecule has 0 spiro atoms. The van der Waals surface area contributed by atoms with Gasteiger partial charge in [-0.05, 0) is 30.3 Å². The number of hydrogen-bond donors (Lipinski definition) is 1. The van der Waals surface area contributed by atoms with E-state index in [1.807, 2.05) is 36.4 Å². The fourth-order valence-corrected chi connectivity index (χ4v) is 2.05. The van der Waals surface area contributed by atoms with Crippen molar-refractivity contribution < 1.29 is 9.53 Å². The van der Waals surface area contributed by atoms with Crippen molar-refractivity contribution in [1.82, 2.24) is 9.97 Å². The average molecular weight is 266 g/mol. The lowest BCUT2D eigenvalue weighted by Crippen LogP contribution is -2.02. The first-order valence-corrected chi connectivity index (χ1v) is 6.47. The van der Waals surface area contributed by atoms with Crippen LogP contribution >= 0.6 is 0 Å². The number of nitrogens with zero attached hydrogens (tertiary/aromatic N) is 1. The molecule has 0 saturated heterocycles. The van der Waals surface area contributed by atoms with Gasteiger partial charge in [0.2, 0.25) is 0 Å². The van der Waals surface area contributed by atoms with Gasteiger partial charge < -0.3 is 9.72 Å². The fraction of sp³-hybridized carbons (Fsp3) is 0.125. The molecule has 4 nitrogen and oxygen atoms in total. The van der Waals surface area contributed by atoms with Gasteiger partial charge in [-0.25, -0.2) is 4.98 Å². The molecule has 0 radical (unpaired) electrons. The zero-order valence-electron chi connectivity index (χ0n) is 10.9. The first-order chi connectivity index (χ1) is 9.85. The van der Waals surface area contributed by atoms with E-state index in [0.717, 1.165) is 28.9 Å². The minimum Gasteiger partial charge on any atom is -0.493 e. The molecule has 0 aliphatic rings. The van der Waals surface area contributed by atoms with E-state index in [4.69, 9.17) is 4.74 Å². The standard InChI is InChI=1S/C16H14N2O2/c19-11-12-6-7-14-15(10-12)18-16(17-14)8-9-20-13-4-2-1-3-5-13/h1-7,10-11H,8-9H2,(H,17,18). The summed E-state index contributed by atoms with van der Waals surface area (Å²) in [6.45, 7) is 0.560. The number of carbonyl (C=O) groups is 1. The molecule has 0 unspecified atom stereocenters. The maximum absolute atomic E-state index is 10.7. The second-order valence-corrected chi connectivity index (χ2v) is 4.49. The number of carbonyl (C=O) groups excluding carboxylic acids is 1. The van der Waals surface area contributed by atoms with Crippen molar-refractivity contribution in [1.29, 1.82) is 0 Å². The number of aromatic nitrogens is 2. The van der Waals surface area contributed by atoms with Crippen LogP contribution in [0.1, 0.15) is 16.2 Å². The van der Waals surface area contributed by atoms with Gasteiger partial charge in [-0.15, -0.1) is 0 Å². The maximum Gasteiger partial charge on any atom is 0.150 e. The molecule has 0 aliphatic heterocycles. The SMILES string of the molecule is O=Cc1ccc2nc(CCOc3ccccc3)[nH]c2c1. The summed E-state index contributed by atoms with van der Waals surface area (Å²) in [4.78, 5) is 18.4. The maximum atomic E-state index is 10.7. The summed E-state index contributed by atoms with van der Waals surface area (Å²) in [5.41, 5.74) is 2.39. The Hall–Kier alpha value is -2.62. The number of rotatable bonds is 5. The number of ether oxygens (including phenoxy) is 1. The first kappa shape index (κ1) is 12.4. The molecule has 1 N–H and O–H groups in total. The highest BCUT2D eigenvalue weighted by Crippen LogP contribution is 2.14. The molecule has 3 aromatic rings. The Morgan fingerprint density at radius 2 is 2.00 bits per heavy atom. The van der Waals surface area contributed by atoms with Crippen molar-refractivity contribution in [3.8, 4) is 5.75 Å². The third kappa shape index (κ3) is 2.69. The summed E-state index contributed by atoms with van der Waals surface area (Å²) in [5, 5.41) is 0. The van der Waals surface area contributed by atoms with Gasteiger partial charge in [-0.2, -0.15) is 0 Å². The lowest BCUT2D eigenvalue weighted by atomic mass is 10.2. The summed E-state index contributed by atoms with van der Waals surface area (Å²) in [7, 11) is 0. The zero-order valence-corrected chi connectivity index (χ0v) is 10.9. The molecule has 0 aliphatic carbocycles. The molecule has 0 saturated carbocycles. The smallest absolute Gasteiger partial charge is 0.150 e. The molecular formula is C16H14N2O2. The number of imidazole rings is 1. The molecule has 100 valence electrons. The van der Waals surface area contributed by atoms with Crippen molar-refractivity contribution in [2.45, 2.75) is 6.42 Å². The Kier molecular flexibility index (Phi) is 3.46. The monoisotopic (exact) mass is 266 g/mol. The fourth-order valence-electron chi connectivity index (χ4n) is 2.05.